The molecule has 1 heterocycles. The summed E-state index contributed by atoms with van der Waals surface area (Å²) in [7, 11) is 0. The number of aromatic nitrogens is 1. The Hall–Kier alpha value is -1.89. The molecule has 1 fully saturated rings. The maximum atomic E-state index is 12.2. The molecule has 1 aromatic heterocycles. The fourth-order valence-corrected chi connectivity index (χ4v) is 2.57. The molecular weight excluding hydrogens is 238 g/mol. The summed E-state index contributed by atoms with van der Waals surface area (Å²) < 4.78 is 0. The molecule has 1 aromatic rings. The van der Waals surface area contributed by atoms with Crippen molar-refractivity contribution in [1.29, 1.82) is 5.26 Å². The highest BCUT2D eigenvalue weighted by Crippen LogP contribution is 2.26. The van der Waals surface area contributed by atoms with Crippen molar-refractivity contribution in [2.75, 3.05) is 0 Å². The SMILES string of the molecule is Cc1cncc(C(=O)NC2(C#N)CCCCCC2)c1. The summed E-state index contributed by atoms with van der Waals surface area (Å²) in [6.07, 6.45) is 9.03. The van der Waals surface area contributed by atoms with E-state index >= 15 is 0 Å². The lowest BCUT2D eigenvalue weighted by molar-refractivity contribution is 0.0912. The van der Waals surface area contributed by atoms with Crippen LogP contribution in [0, 0.1) is 18.3 Å². The third-order valence-corrected chi connectivity index (χ3v) is 3.66. The van der Waals surface area contributed by atoms with Crippen molar-refractivity contribution in [3.05, 3.63) is 29.6 Å². The van der Waals surface area contributed by atoms with Gasteiger partial charge >= 0.3 is 0 Å². The minimum absolute atomic E-state index is 0.195. The molecule has 19 heavy (non-hydrogen) atoms. The fraction of sp³-hybridized carbons (Fsp3) is 0.533. The van der Waals surface area contributed by atoms with Crippen LogP contribution in [0.15, 0.2) is 18.5 Å². The van der Waals surface area contributed by atoms with Crippen molar-refractivity contribution < 1.29 is 4.79 Å². The molecule has 0 atom stereocenters. The van der Waals surface area contributed by atoms with Crippen LogP contribution in [-0.4, -0.2) is 16.4 Å². The predicted molar refractivity (Wildman–Crippen MR) is 72.5 cm³/mol. The molecule has 1 N–H and O–H groups in total. The van der Waals surface area contributed by atoms with Gasteiger partial charge in [-0.25, -0.2) is 0 Å². The van der Waals surface area contributed by atoms with Gasteiger partial charge in [0, 0.05) is 12.4 Å². The lowest BCUT2D eigenvalue weighted by atomic mass is 9.91. The second-order valence-electron chi connectivity index (χ2n) is 5.31. The van der Waals surface area contributed by atoms with Crippen LogP contribution in [0.4, 0.5) is 0 Å². The van der Waals surface area contributed by atoms with Gasteiger partial charge in [0.05, 0.1) is 11.6 Å². The van der Waals surface area contributed by atoms with Gasteiger partial charge < -0.3 is 5.32 Å². The molecule has 4 heteroatoms. The van der Waals surface area contributed by atoms with Crippen molar-refractivity contribution in [1.82, 2.24) is 10.3 Å². The highest BCUT2D eigenvalue weighted by molar-refractivity contribution is 5.94. The zero-order valence-corrected chi connectivity index (χ0v) is 11.3. The van der Waals surface area contributed by atoms with Crippen LogP contribution in [0.2, 0.25) is 0 Å². The lowest BCUT2D eigenvalue weighted by Gasteiger charge is -2.26. The minimum atomic E-state index is -0.697. The molecule has 0 saturated heterocycles. The monoisotopic (exact) mass is 257 g/mol. The van der Waals surface area contributed by atoms with E-state index in [1.165, 1.54) is 0 Å². The number of nitriles is 1. The third kappa shape index (κ3) is 3.31. The van der Waals surface area contributed by atoms with Gasteiger partial charge in [-0.3, -0.25) is 9.78 Å². The Morgan fingerprint density at radius 3 is 2.58 bits per heavy atom. The number of nitrogens with zero attached hydrogens (tertiary/aromatic N) is 2. The predicted octanol–water partition coefficient (Wildman–Crippen LogP) is 2.74. The zero-order valence-electron chi connectivity index (χ0n) is 11.3. The van der Waals surface area contributed by atoms with Crippen molar-refractivity contribution in [2.24, 2.45) is 0 Å². The Balaban J connectivity index is 2.14. The molecule has 1 aliphatic rings. The number of hydrogen-bond donors (Lipinski definition) is 1. The summed E-state index contributed by atoms with van der Waals surface area (Å²) in [4.78, 5) is 16.3. The second-order valence-corrected chi connectivity index (χ2v) is 5.31. The molecule has 0 aromatic carbocycles. The Morgan fingerprint density at radius 1 is 1.32 bits per heavy atom. The molecule has 1 saturated carbocycles. The first-order valence-electron chi connectivity index (χ1n) is 6.81. The van der Waals surface area contributed by atoms with Gasteiger partial charge in [0.1, 0.15) is 5.54 Å². The van der Waals surface area contributed by atoms with Crippen molar-refractivity contribution in [3.8, 4) is 6.07 Å². The third-order valence-electron chi connectivity index (χ3n) is 3.66. The molecule has 1 amide bonds. The standard InChI is InChI=1S/C15H19N3O/c1-12-8-13(10-17-9-12)14(19)18-15(11-16)6-4-2-3-5-7-15/h8-10H,2-7H2,1H3,(H,18,19). The highest BCUT2D eigenvalue weighted by Gasteiger charge is 2.32. The Kier molecular flexibility index (Phi) is 4.16. The van der Waals surface area contributed by atoms with Crippen molar-refractivity contribution >= 4 is 5.91 Å². The van der Waals surface area contributed by atoms with Crippen LogP contribution in [0.5, 0.6) is 0 Å². The topological polar surface area (TPSA) is 65.8 Å². The normalized spacial score (nSPS) is 18.1. The largest absolute Gasteiger partial charge is 0.334 e. The molecule has 4 nitrogen and oxygen atoms in total. The van der Waals surface area contributed by atoms with Crippen LogP contribution in [0.3, 0.4) is 0 Å². The quantitative estimate of drug-likeness (QED) is 0.828. The summed E-state index contributed by atoms with van der Waals surface area (Å²) in [5.74, 6) is -0.195. The first-order chi connectivity index (χ1) is 9.15. The van der Waals surface area contributed by atoms with Crippen LogP contribution in [0.25, 0.3) is 0 Å². The number of carbonyl (C=O) groups excluding carboxylic acids is 1. The van der Waals surface area contributed by atoms with Gasteiger partial charge in [-0.05, 0) is 31.4 Å². The molecule has 0 spiro atoms. The minimum Gasteiger partial charge on any atom is -0.334 e. The first kappa shape index (κ1) is 13.5. The van der Waals surface area contributed by atoms with Gasteiger partial charge in [0.2, 0.25) is 0 Å². The van der Waals surface area contributed by atoms with Crippen LogP contribution in [0.1, 0.15) is 54.4 Å². The van der Waals surface area contributed by atoms with E-state index in [9.17, 15) is 10.1 Å². The zero-order chi connectivity index (χ0) is 13.7. The Labute approximate surface area is 113 Å². The van der Waals surface area contributed by atoms with E-state index in [-0.39, 0.29) is 5.91 Å². The number of hydrogen-bond acceptors (Lipinski definition) is 3. The number of amides is 1. The van der Waals surface area contributed by atoms with E-state index in [2.05, 4.69) is 16.4 Å². The van der Waals surface area contributed by atoms with Crippen LogP contribution >= 0.6 is 0 Å². The van der Waals surface area contributed by atoms with E-state index in [0.29, 0.717) is 5.56 Å². The van der Waals surface area contributed by atoms with Gasteiger partial charge in [-0.15, -0.1) is 0 Å². The first-order valence-corrected chi connectivity index (χ1v) is 6.81. The van der Waals surface area contributed by atoms with E-state index in [4.69, 9.17) is 0 Å². The Morgan fingerprint density at radius 2 is 2.00 bits per heavy atom. The van der Waals surface area contributed by atoms with E-state index < -0.39 is 5.54 Å². The molecule has 100 valence electrons. The fourth-order valence-electron chi connectivity index (χ4n) is 2.57. The van der Waals surface area contributed by atoms with E-state index in [1.54, 1.807) is 18.5 Å². The van der Waals surface area contributed by atoms with Crippen LogP contribution in [-0.2, 0) is 0 Å². The maximum Gasteiger partial charge on any atom is 0.254 e. The van der Waals surface area contributed by atoms with E-state index in [1.807, 2.05) is 6.92 Å². The molecular formula is C15H19N3O. The lowest BCUT2D eigenvalue weighted by Crippen LogP contribution is -2.47. The maximum absolute atomic E-state index is 12.2. The molecule has 0 bridgehead atoms. The average Bonchev–Trinajstić information content (AvgIpc) is 2.65. The van der Waals surface area contributed by atoms with Gasteiger partial charge in [0.15, 0.2) is 0 Å². The summed E-state index contributed by atoms with van der Waals surface area (Å²) in [5, 5.41) is 12.4. The number of carbonyl (C=O) groups is 1. The summed E-state index contributed by atoms with van der Waals surface area (Å²) in [6, 6.07) is 4.12. The smallest absolute Gasteiger partial charge is 0.254 e. The van der Waals surface area contributed by atoms with Gasteiger partial charge in [-0.2, -0.15) is 5.26 Å². The van der Waals surface area contributed by atoms with Gasteiger partial charge in [0.25, 0.3) is 5.91 Å². The number of aryl methyl sites for hydroxylation is 1. The summed E-state index contributed by atoms with van der Waals surface area (Å²) in [5.41, 5.74) is 0.774. The molecule has 0 aliphatic heterocycles. The van der Waals surface area contributed by atoms with E-state index in [0.717, 1.165) is 44.1 Å². The number of pyridine rings is 1. The molecule has 2 rings (SSSR count). The van der Waals surface area contributed by atoms with Gasteiger partial charge in [-0.1, -0.05) is 25.7 Å². The number of nitrogens with one attached hydrogen (secondary N) is 1. The van der Waals surface area contributed by atoms with Crippen molar-refractivity contribution in [3.63, 3.8) is 0 Å². The van der Waals surface area contributed by atoms with Crippen LogP contribution < -0.4 is 5.32 Å². The average molecular weight is 257 g/mol. The summed E-state index contributed by atoms with van der Waals surface area (Å²) >= 11 is 0. The number of rotatable bonds is 2. The summed E-state index contributed by atoms with van der Waals surface area (Å²) in [6.45, 7) is 1.90. The molecule has 0 radical (unpaired) electrons. The molecule has 1 aliphatic carbocycles. The molecule has 0 unspecified atom stereocenters. The second kappa shape index (κ2) is 5.83. The Bertz CT molecular complexity index is 496. The highest BCUT2D eigenvalue weighted by atomic mass is 16.1. The van der Waals surface area contributed by atoms with Crippen molar-refractivity contribution in [2.45, 2.75) is 51.0 Å².